The van der Waals surface area contributed by atoms with Gasteiger partial charge in [0, 0.05) is 6.08 Å². The highest BCUT2D eigenvalue weighted by atomic mass is 16.5. The number of nitrogens with one attached hydrogen (secondary N) is 1. The molecule has 1 rings (SSSR count). The third kappa shape index (κ3) is 10.1. The SMILES string of the molecule is C.CCCCCCC/C(C)=C/C(=O)C=C1NC(=O)C(CCCCC)O1. The lowest BCUT2D eigenvalue weighted by Crippen LogP contribution is -2.22. The zero-order chi connectivity index (χ0) is 17.8. The van der Waals surface area contributed by atoms with Crippen LogP contribution in [-0.4, -0.2) is 17.8 Å². The fraction of sp³-hybridized carbons (Fsp3) is 0.714. The molecule has 0 spiro atoms. The number of hydrogen-bond acceptors (Lipinski definition) is 3. The van der Waals surface area contributed by atoms with E-state index in [9.17, 15) is 9.59 Å². The van der Waals surface area contributed by atoms with Crippen LogP contribution in [0.25, 0.3) is 0 Å². The first-order valence-corrected chi connectivity index (χ1v) is 9.47. The Kier molecular flexibility index (Phi) is 12.8. The van der Waals surface area contributed by atoms with E-state index in [1.165, 1.54) is 31.8 Å². The van der Waals surface area contributed by atoms with Gasteiger partial charge in [-0.3, -0.25) is 14.9 Å². The molecule has 1 amide bonds. The third-order valence-corrected chi connectivity index (χ3v) is 4.21. The quantitative estimate of drug-likeness (QED) is 0.376. The van der Waals surface area contributed by atoms with Crippen molar-refractivity contribution >= 4 is 11.7 Å². The van der Waals surface area contributed by atoms with Gasteiger partial charge in [0.15, 0.2) is 17.8 Å². The zero-order valence-electron chi connectivity index (χ0n) is 15.5. The predicted octanol–water partition coefficient (Wildman–Crippen LogP) is 5.44. The van der Waals surface area contributed by atoms with Crippen molar-refractivity contribution in [2.45, 2.75) is 98.5 Å². The van der Waals surface area contributed by atoms with Gasteiger partial charge in [0.25, 0.3) is 5.91 Å². The van der Waals surface area contributed by atoms with Crippen molar-refractivity contribution in [1.82, 2.24) is 5.32 Å². The van der Waals surface area contributed by atoms with Crippen molar-refractivity contribution in [1.29, 1.82) is 0 Å². The normalized spacial score (nSPS) is 18.7. The maximum Gasteiger partial charge on any atom is 0.267 e. The van der Waals surface area contributed by atoms with Gasteiger partial charge in [0.05, 0.1) is 0 Å². The zero-order valence-corrected chi connectivity index (χ0v) is 15.5. The second-order valence-corrected chi connectivity index (χ2v) is 6.66. The van der Waals surface area contributed by atoms with Crippen LogP contribution in [0.15, 0.2) is 23.6 Å². The van der Waals surface area contributed by atoms with Gasteiger partial charge in [-0.1, -0.05) is 65.4 Å². The summed E-state index contributed by atoms with van der Waals surface area (Å²) in [4.78, 5) is 23.8. The summed E-state index contributed by atoms with van der Waals surface area (Å²) in [5, 5.41) is 2.65. The number of unbranched alkanes of at least 4 members (excludes halogenated alkanes) is 6. The molecular formula is C21H37NO3. The van der Waals surface area contributed by atoms with Crippen LogP contribution in [-0.2, 0) is 14.3 Å². The van der Waals surface area contributed by atoms with E-state index in [2.05, 4.69) is 19.2 Å². The average Bonchev–Trinajstić information content (AvgIpc) is 2.86. The van der Waals surface area contributed by atoms with Gasteiger partial charge in [0.1, 0.15) is 0 Å². The maximum absolute atomic E-state index is 12.0. The number of ether oxygens (including phenoxy) is 1. The molecule has 1 unspecified atom stereocenters. The van der Waals surface area contributed by atoms with Gasteiger partial charge >= 0.3 is 0 Å². The minimum Gasteiger partial charge on any atom is -0.465 e. The lowest BCUT2D eigenvalue weighted by Gasteiger charge is -2.06. The van der Waals surface area contributed by atoms with Crippen molar-refractivity contribution in [3.8, 4) is 0 Å². The van der Waals surface area contributed by atoms with E-state index in [0.717, 1.165) is 37.7 Å². The van der Waals surface area contributed by atoms with E-state index in [1.54, 1.807) is 6.08 Å². The number of carbonyl (C=O) groups is 2. The molecule has 1 saturated heterocycles. The van der Waals surface area contributed by atoms with Crippen LogP contribution >= 0.6 is 0 Å². The Morgan fingerprint density at radius 1 is 1.08 bits per heavy atom. The van der Waals surface area contributed by atoms with E-state index in [0.29, 0.717) is 12.3 Å². The van der Waals surface area contributed by atoms with Gasteiger partial charge in [-0.15, -0.1) is 0 Å². The summed E-state index contributed by atoms with van der Waals surface area (Å²) >= 11 is 0. The lowest BCUT2D eigenvalue weighted by molar-refractivity contribution is -0.123. The average molecular weight is 352 g/mol. The molecule has 0 aliphatic carbocycles. The fourth-order valence-electron chi connectivity index (χ4n) is 2.77. The van der Waals surface area contributed by atoms with Crippen molar-refractivity contribution in [2.75, 3.05) is 0 Å². The highest BCUT2D eigenvalue weighted by Gasteiger charge is 2.29. The number of rotatable bonds is 12. The van der Waals surface area contributed by atoms with E-state index >= 15 is 0 Å². The molecule has 0 bridgehead atoms. The molecular weight excluding hydrogens is 314 g/mol. The molecule has 0 saturated carbocycles. The Morgan fingerprint density at radius 2 is 1.72 bits per heavy atom. The molecule has 1 N–H and O–H groups in total. The minimum atomic E-state index is -0.445. The summed E-state index contributed by atoms with van der Waals surface area (Å²) in [7, 11) is 0. The summed E-state index contributed by atoms with van der Waals surface area (Å²) in [5.74, 6) is 0.0332. The third-order valence-electron chi connectivity index (χ3n) is 4.21. The standard InChI is InChI=1S/C20H33NO3.CH4/c1-4-6-8-9-11-12-16(3)14-17(22)15-19-21-20(23)18(24-19)13-10-7-5-2;/h14-15,18H,4-13H2,1-3H3,(H,21,23);1H4/b16-14+,19-15?;. The summed E-state index contributed by atoms with van der Waals surface area (Å²) in [6.45, 7) is 6.31. The molecule has 0 aromatic rings. The minimum absolute atomic E-state index is 0. The predicted molar refractivity (Wildman–Crippen MR) is 104 cm³/mol. The molecule has 0 aromatic heterocycles. The summed E-state index contributed by atoms with van der Waals surface area (Å²) in [6.07, 6.45) is 13.5. The highest BCUT2D eigenvalue weighted by Crippen LogP contribution is 2.17. The molecule has 144 valence electrons. The number of ketones is 1. The van der Waals surface area contributed by atoms with Gasteiger partial charge in [0.2, 0.25) is 0 Å². The summed E-state index contributed by atoms with van der Waals surface area (Å²) < 4.78 is 5.55. The topological polar surface area (TPSA) is 55.4 Å². The molecule has 1 fully saturated rings. The Morgan fingerprint density at radius 3 is 2.40 bits per heavy atom. The lowest BCUT2D eigenvalue weighted by atomic mass is 10.1. The Labute approximate surface area is 154 Å². The van der Waals surface area contributed by atoms with Crippen LogP contribution in [0, 0.1) is 0 Å². The first-order chi connectivity index (χ1) is 11.6. The molecule has 0 aromatic carbocycles. The van der Waals surface area contributed by atoms with Gasteiger partial charge in [-0.2, -0.15) is 0 Å². The number of carbonyl (C=O) groups excluding carboxylic acids is 2. The largest absolute Gasteiger partial charge is 0.465 e. The molecule has 4 nitrogen and oxygen atoms in total. The van der Waals surface area contributed by atoms with Crippen molar-refractivity contribution < 1.29 is 14.3 Å². The number of amides is 1. The Balaban J connectivity index is 0.00000576. The van der Waals surface area contributed by atoms with Crippen molar-refractivity contribution in [2.24, 2.45) is 0 Å². The molecule has 1 atom stereocenters. The molecule has 0 radical (unpaired) electrons. The monoisotopic (exact) mass is 351 g/mol. The summed E-state index contributed by atoms with van der Waals surface area (Å²) in [5.41, 5.74) is 1.08. The molecule has 1 aliphatic rings. The van der Waals surface area contributed by atoms with Gasteiger partial charge in [-0.05, 0) is 38.7 Å². The van der Waals surface area contributed by atoms with E-state index < -0.39 is 6.10 Å². The second kappa shape index (κ2) is 13.7. The van der Waals surface area contributed by atoms with Gasteiger partial charge < -0.3 is 4.74 Å². The van der Waals surface area contributed by atoms with Crippen LogP contribution in [0.4, 0.5) is 0 Å². The second-order valence-electron chi connectivity index (χ2n) is 6.66. The van der Waals surface area contributed by atoms with Crippen LogP contribution in [0.3, 0.4) is 0 Å². The Bertz CT molecular complexity index is 466. The first-order valence-electron chi connectivity index (χ1n) is 9.47. The molecule has 4 heteroatoms. The van der Waals surface area contributed by atoms with Gasteiger partial charge in [-0.25, -0.2) is 0 Å². The fourth-order valence-corrected chi connectivity index (χ4v) is 2.77. The van der Waals surface area contributed by atoms with E-state index in [1.807, 2.05) is 6.92 Å². The molecule has 1 aliphatic heterocycles. The summed E-state index contributed by atoms with van der Waals surface area (Å²) in [6, 6.07) is 0. The smallest absolute Gasteiger partial charge is 0.267 e. The number of hydrogen-bond donors (Lipinski definition) is 1. The van der Waals surface area contributed by atoms with Crippen LogP contribution in [0.2, 0.25) is 0 Å². The van der Waals surface area contributed by atoms with Crippen LogP contribution in [0.5, 0.6) is 0 Å². The first kappa shape index (κ1) is 23.4. The molecule has 25 heavy (non-hydrogen) atoms. The van der Waals surface area contributed by atoms with Crippen molar-refractivity contribution in [3.63, 3.8) is 0 Å². The Hall–Kier alpha value is -1.58. The van der Waals surface area contributed by atoms with Crippen LogP contribution < -0.4 is 5.32 Å². The highest BCUT2D eigenvalue weighted by molar-refractivity contribution is 6.00. The van der Waals surface area contributed by atoms with E-state index in [4.69, 9.17) is 4.74 Å². The van der Waals surface area contributed by atoms with Crippen LogP contribution in [0.1, 0.15) is 92.4 Å². The van der Waals surface area contributed by atoms with Crippen molar-refractivity contribution in [3.05, 3.63) is 23.6 Å². The number of allylic oxidation sites excluding steroid dienone is 3. The molecule has 1 heterocycles. The van der Waals surface area contributed by atoms with E-state index in [-0.39, 0.29) is 19.1 Å². The maximum atomic E-state index is 12.0.